The van der Waals surface area contributed by atoms with Gasteiger partial charge in [-0.25, -0.2) is 16.8 Å². The first-order chi connectivity index (χ1) is 9.26. The van der Waals surface area contributed by atoms with E-state index in [1.807, 2.05) is 6.92 Å². The average Bonchev–Trinajstić information content (AvgIpc) is 2.38. The summed E-state index contributed by atoms with van der Waals surface area (Å²) in [5, 5.41) is -0.551. The van der Waals surface area contributed by atoms with Crippen molar-refractivity contribution in [2.45, 2.75) is 43.9 Å². The first-order valence-corrected chi connectivity index (χ1v) is 10.5. The van der Waals surface area contributed by atoms with Crippen LogP contribution in [-0.4, -0.2) is 57.0 Å². The highest BCUT2D eigenvalue weighted by molar-refractivity contribution is 7.92. The Morgan fingerprint density at radius 2 is 1.75 bits per heavy atom. The third-order valence-electron chi connectivity index (χ3n) is 4.51. The Balaban J connectivity index is 2.13. The van der Waals surface area contributed by atoms with Crippen LogP contribution in [-0.2, 0) is 19.9 Å². The van der Waals surface area contributed by atoms with E-state index in [0.29, 0.717) is 13.1 Å². The fourth-order valence-electron chi connectivity index (χ4n) is 3.05. The predicted octanol–water partition coefficient (Wildman–Crippen LogP) is -0.0474. The summed E-state index contributed by atoms with van der Waals surface area (Å²) in [5.74, 6) is 0.187. The zero-order chi connectivity index (χ0) is 15.0. The molecule has 2 N–H and O–H groups in total. The van der Waals surface area contributed by atoms with E-state index in [4.69, 9.17) is 5.73 Å². The van der Waals surface area contributed by atoms with Gasteiger partial charge in [0.15, 0.2) is 0 Å². The van der Waals surface area contributed by atoms with Gasteiger partial charge in [-0.15, -0.1) is 0 Å². The maximum atomic E-state index is 12.7. The molecule has 2 fully saturated rings. The zero-order valence-electron chi connectivity index (χ0n) is 11.9. The molecule has 0 saturated carbocycles. The van der Waals surface area contributed by atoms with E-state index in [2.05, 4.69) is 0 Å². The number of piperidine rings is 1. The molecule has 2 heterocycles. The van der Waals surface area contributed by atoms with Crippen LogP contribution < -0.4 is 5.73 Å². The lowest BCUT2D eigenvalue weighted by atomic mass is 9.96. The Morgan fingerprint density at radius 1 is 1.15 bits per heavy atom. The second-order valence-corrected chi connectivity index (χ2v) is 10.5. The van der Waals surface area contributed by atoms with Gasteiger partial charge in [-0.3, -0.25) is 0 Å². The van der Waals surface area contributed by atoms with E-state index in [1.54, 1.807) is 4.31 Å². The second kappa shape index (κ2) is 5.90. The van der Waals surface area contributed by atoms with E-state index in [0.717, 1.165) is 12.8 Å². The lowest BCUT2D eigenvalue weighted by Crippen LogP contribution is -2.51. The van der Waals surface area contributed by atoms with Gasteiger partial charge in [0.25, 0.3) is 0 Å². The fourth-order valence-corrected chi connectivity index (χ4v) is 7.08. The molecule has 2 unspecified atom stereocenters. The Labute approximate surface area is 121 Å². The first-order valence-electron chi connectivity index (χ1n) is 7.17. The molecule has 118 valence electrons. The van der Waals surface area contributed by atoms with Crippen LogP contribution in [0.15, 0.2) is 0 Å². The van der Waals surface area contributed by atoms with Crippen molar-refractivity contribution in [2.24, 2.45) is 11.7 Å². The highest BCUT2D eigenvalue weighted by Gasteiger charge is 2.40. The number of nitrogens with zero attached hydrogens (tertiary/aromatic N) is 1. The van der Waals surface area contributed by atoms with Gasteiger partial charge in [0.05, 0.1) is 16.8 Å². The Morgan fingerprint density at radius 3 is 2.30 bits per heavy atom. The molecule has 2 saturated heterocycles. The van der Waals surface area contributed by atoms with Gasteiger partial charge in [-0.1, -0.05) is 0 Å². The molecule has 0 aliphatic carbocycles. The number of rotatable bonds is 3. The molecule has 0 aromatic heterocycles. The lowest BCUT2D eigenvalue weighted by molar-refractivity contribution is 0.209. The van der Waals surface area contributed by atoms with Crippen molar-refractivity contribution in [3.8, 4) is 0 Å². The van der Waals surface area contributed by atoms with Gasteiger partial charge in [-0.2, -0.15) is 4.31 Å². The van der Waals surface area contributed by atoms with Crippen LogP contribution in [0, 0.1) is 5.92 Å². The molecular weight excluding hydrogens is 300 g/mol. The summed E-state index contributed by atoms with van der Waals surface area (Å²) in [6, 6.07) is -0.0127. The Bertz CT molecular complexity index is 530. The average molecular weight is 324 g/mol. The third-order valence-corrected chi connectivity index (χ3v) is 8.70. The molecule has 0 bridgehead atoms. The molecule has 0 aromatic rings. The van der Waals surface area contributed by atoms with Crippen molar-refractivity contribution in [1.29, 1.82) is 0 Å². The smallest absolute Gasteiger partial charge is 0.217 e. The number of nitrogens with two attached hydrogens (primary N) is 1. The number of hydrogen-bond acceptors (Lipinski definition) is 5. The zero-order valence-corrected chi connectivity index (χ0v) is 13.5. The number of sulfonamides is 1. The molecule has 6 nitrogen and oxygen atoms in total. The molecule has 0 aromatic carbocycles. The van der Waals surface area contributed by atoms with E-state index in [-0.39, 0.29) is 36.3 Å². The summed E-state index contributed by atoms with van der Waals surface area (Å²) >= 11 is 0. The van der Waals surface area contributed by atoms with Crippen molar-refractivity contribution in [2.75, 3.05) is 24.6 Å². The van der Waals surface area contributed by atoms with Gasteiger partial charge in [0.1, 0.15) is 9.84 Å². The summed E-state index contributed by atoms with van der Waals surface area (Å²) in [6.07, 6.45) is 2.23. The molecule has 0 amide bonds. The molecule has 2 aliphatic rings. The van der Waals surface area contributed by atoms with E-state index >= 15 is 0 Å². The van der Waals surface area contributed by atoms with E-state index in [1.165, 1.54) is 0 Å². The monoisotopic (exact) mass is 324 g/mol. The van der Waals surface area contributed by atoms with E-state index < -0.39 is 25.1 Å². The quantitative estimate of drug-likeness (QED) is 0.785. The maximum Gasteiger partial charge on any atom is 0.217 e. The molecule has 2 atom stereocenters. The topological polar surface area (TPSA) is 97.5 Å². The fraction of sp³-hybridized carbons (Fsp3) is 1.00. The molecule has 8 heteroatoms. The Kier molecular flexibility index (Phi) is 4.78. The molecule has 2 aliphatic heterocycles. The van der Waals surface area contributed by atoms with Crippen molar-refractivity contribution < 1.29 is 16.8 Å². The summed E-state index contributed by atoms with van der Waals surface area (Å²) in [5.41, 5.74) is 5.67. The molecule has 0 radical (unpaired) electrons. The minimum Gasteiger partial charge on any atom is -0.330 e. The van der Waals surface area contributed by atoms with Crippen LogP contribution in [0.3, 0.4) is 0 Å². The normalized spacial score (nSPS) is 33.1. The molecule has 2 rings (SSSR count). The van der Waals surface area contributed by atoms with Crippen molar-refractivity contribution in [1.82, 2.24) is 4.31 Å². The highest BCUT2D eigenvalue weighted by atomic mass is 32.2. The Hall–Kier alpha value is -0.180. The predicted molar refractivity (Wildman–Crippen MR) is 78.5 cm³/mol. The third kappa shape index (κ3) is 3.35. The summed E-state index contributed by atoms with van der Waals surface area (Å²) in [4.78, 5) is 0. The van der Waals surface area contributed by atoms with Gasteiger partial charge >= 0.3 is 0 Å². The molecular formula is C12H24N2O4S2. The molecule has 0 spiro atoms. The molecule has 20 heavy (non-hydrogen) atoms. The minimum absolute atomic E-state index is 0.0127. The summed E-state index contributed by atoms with van der Waals surface area (Å²) < 4.78 is 49.9. The van der Waals surface area contributed by atoms with Crippen LogP contribution in [0.2, 0.25) is 0 Å². The largest absolute Gasteiger partial charge is 0.330 e. The standard InChI is InChI=1S/C12H24N2O4S2/c1-10-2-3-11(8-13)9-14(10)20(17,18)12-4-6-19(15,16)7-5-12/h10-12H,2-9,13H2,1H3. The SMILES string of the molecule is CC1CCC(CN)CN1S(=O)(=O)C1CCS(=O)(=O)CC1. The first kappa shape index (κ1) is 16.2. The summed E-state index contributed by atoms with van der Waals surface area (Å²) in [7, 11) is -6.45. The lowest BCUT2D eigenvalue weighted by Gasteiger charge is -2.39. The second-order valence-electron chi connectivity index (χ2n) is 5.99. The van der Waals surface area contributed by atoms with Crippen LogP contribution in [0.25, 0.3) is 0 Å². The maximum absolute atomic E-state index is 12.7. The van der Waals surface area contributed by atoms with Crippen LogP contribution >= 0.6 is 0 Å². The number of sulfone groups is 1. The van der Waals surface area contributed by atoms with Crippen LogP contribution in [0.4, 0.5) is 0 Å². The van der Waals surface area contributed by atoms with Crippen LogP contribution in [0.1, 0.15) is 32.6 Å². The van der Waals surface area contributed by atoms with E-state index in [9.17, 15) is 16.8 Å². The van der Waals surface area contributed by atoms with Gasteiger partial charge < -0.3 is 5.73 Å². The van der Waals surface area contributed by atoms with Crippen LogP contribution in [0.5, 0.6) is 0 Å². The van der Waals surface area contributed by atoms with Gasteiger partial charge in [0, 0.05) is 12.6 Å². The highest BCUT2D eigenvalue weighted by Crippen LogP contribution is 2.29. The van der Waals surface area contributed by atoms with Crippen molar-refractivity contribution >= 4 is 19.9 Å². The van der Waals surface area contributed by atoms with Gasteiger partial charge in [-0.05, 0) is 45.1 Å². The van der Waals surface area contributed by atoms with Crippen molar-refractivity contribution in [3.05, 3.63) is 0 Å². The number of hydrogen-bond donors (Lipinski definition) is 1. The van der Waals surface area contributed by atoms with Crippen molar-refractivity contribution in [3.63, 3.8) is 0 Å². The minimum atomic E-state index is -3.41. The summed E-state index contributed by atoms with van der Waals surface area (Å²) in [6.45, 7) is 2.89. The van der Waals surface area contributed by atoms with Gasteiger partial charge in [0.2, 0.25) is 10.0 Å².